The second-order valence-corrected chi connectivity index (χ2v) is 4.30. The van der Waals surface area contributed by atoms with Crippen LogP contribution in [0.5, 0.6) is 0 Å². The molecule has 0 unspecified atom stereocenters. The lowest BCUT2D eigenvalue weighted by Crippen LogP contribution is -2.61. The third-order valence-electron chi connectivity index (χ3n) is 3.29. The third-order valence-corrected chi connectivity index (χ3v) is 3.29. The van der Waals surface area contributed by atoms with Gasteiger partial charge in [0.15, 0.2) is 5.82 Å². The lowest BCUT2D eigenvalue weighted by atomic mass is 10.1. The Morgan fingerprint density at radius 3 is 3.11 bits per heavy atom. The quantitative estimate of drug-likeness (QED) is 0.685. The Bertz CT molecular complexity index is 519. The smallest absolute Gasteiger partial charge is 0.407 e. The summed E-state index contributed by atoms with van der Waals surface area (Å²) in [5, 5.41) is 11.7. The summed E-state index contributed by atoms with van der Waals surface area (Å²) in [5.41, 5.74) is 0.854. The number of rotatable bonds is 0. The van der Waals surface area contributed by atoms with Crippen molar-refractivity contribution >= 4 is 23.5 Å². The zero-order valence-electron chi connectivity index (χ0n) is 9.54. The first-order valence-corrected chi connectivity index (χ1v) is 5.67. The fourth-order valence-corrected chi connectivity index (χ4v) is 2.39. The molecule has 0 aromatic carbocycles. The number of hydrogen-bond donors (Lipinski definition) is 2. The van der Waals surface area contributed by atoms with Crippen molar-refractivity contribution in [2.45, 2.75) is 6.04 Å². The lowest BCUT2D eigenvalue weighted by molar-refractivity contribution is -0.118. The van der Waals surface area contributed by atoms with E-state index in [9.17, 15) is 9.59 Å². The van der Waals surface area contributed by atoms with E-state index in [-0.39, 0.29) is 12.5 Å². The number of pyridine rings is 1. The molecule has 7 heteroatoms. The molecule has 0 aliphatic carbocycles. The van der Waals surface area contributed by atoms with Crippen LogP contribution in [0, 0.1) is 0 Å². The molecule has 1 aromatic rings. The molecule has 1 fully saturated rings. The summed E-state index contributed by atoms with van der Waals surface area (Å²) in [5.74, 6) is 0.342. The van der Waals surface area contributed by atoms with Crippen LogP contribution in [0.4, 0.5) is 16.3 Å². The van der Waals surface area contributed by atoms with Crippen LogP contribution in [0.3, 0.4) is 0 Å². The van der Waals surface area contributed by atoms with Crippen LogP contribution in [0.2, 0.25) is 0 Å². The van der Waals surface area contributed by atoms with Crippen molar-refractivity contribution in [1.82, 2.24) is 9.88 Å². The normalized spacial score (nSPS) is 22.0. The van der Waals surface area contributed by atoms with Crippen molar-refractivity contribution in [2.24, 2.45) is 0 Å². The molecule has 0 bridgehead atoms. The number of nitrogens with zero attached hydrogens (tertiary/aromatic N) is 3. The van der Waals surface area contributed by atoms with Gasteiger partial charge in [0.25, 0.3) is 0 Å². The molecule has 1 aromatic heterocycles. The molecule has 1 atom stereocenters. The fraction of sp³-hybridized carbons (Fsp3) is 0.364. The Morgan fingerprint density at radius 1 is 1.50 bits per heavy atom. The number of fused-ring (bicyclic) bond motifs is 3. The summed E-state index contributed by atoms with van der Waals surface area (Å²) >= 11 is 0. The van der Waals surface area contributed by atoms with E-state index in [1.54, 1.807) is 12.3 Å². The first-order valence-electron chi connectivity index (χ1n) is 5.67. The molecular weight excluding hydrogens is 236 g/mol. The van der Waals surface area contributed by atoms with Crippen molar-refractivity contribution < 1.29 is 14.7 Å². The van der Waals surface area contributed by atoms with Crippen molar-refractivity contribution in [2.75, 3.05) is 29.9 Å². The minimum absolute atomic E-state index is 0.190. The molecule has 2 N–H and O–H groups in total. The number of carbonyl (C=O) groups is 2. The summed E-state index contributed by atoms with van der Waals surface area (Å²) in [7, 11) is 0. The molecule has 1 saturated heterocycles. The Hall–Kier alpha value is -2.31. The van der Waals surface area contributed by atoms with E-state index >= 15 is 0 Å². The minimum atomic E-state index is -0.987. The Balaban J connectivity index is 1.93. The number of anilines is 2. The van der Waals surface area contributed by atoms with Crippen molar-refractivity contribution in [3.63, 3.8) is 0 Å². The van der Waals surface area contributed by atoms with Crippen LogP contribution in [0.15, 0.2) is 18.3 Å². The highest BCUT2D eigenvalue weighted by molar-refractivity contribution is 6.03. The van der Waals surface area contributed by atoms with E-state index in [0.29, 0.717) is 18.9 Å². The highest BCUT2D eigenvalue weighted by Gasteiger charge is 2.38. The van der Waals surface area contributed by atoms with E-state index < -0.39 is 12.1 Å². The molecule has 94 valence electrons. The van der Waals surface area contributed by atoms with Gasteiger partial charge in [-0.05, 0) is 12.1 Å². The number of amides is 2. The summed E-state index contributed by atoms with van der Waals surface area (Å²) < 4.78 is 0. The largest absolute Gasteiger partial charge is 0.465 e. The maximum Gasteiger partial charge on any atom is 0.407 e. The zero-order valence-corrected chi connectivity index (χ0v) is 9.54. The van der Waals surface area contributed by atoms with Gasteiger partial charge in [-0.3, -0.25) is 4.79 Å². The monoisotopic (exact) mass is 248 g/mol. The molecule has 0 radical (unpaired) electrons. The van der Waals surface area contributed by atoms with Gasteiger partial charge < -0.3 is 20.2 Å². The van der Waals surface area contributed by atoms with Gasteiger partial charge in [0.2, 0.25) is 5.91 Å². The van der Waals surface area contributed by atoms with Crippen LogP contribution in [-0.2, 0) is 4.79 Å². The second kappa shape index (κ2) is 3.86. The second-order valence-electron chi connectivity index (χ2n) is 4.30. The molecule has 0 spiro atoms. The van der Waals surface area contributed by atoms with Gasteiger partial charge >= 0.3 is 6.09 Å². The molecule has 0 saturated carbocycles. The topological polar surface area (TPSA) is 85.8 Å². The predicted octanol–water partition coefficient (Wildman–Crippen LogP) is 0.202. The van der Waals surface area contributed by atoms with Crippen LogP contribution in [0.25, 0.3) is 0 Å². The van der Waals surface area contributed by atoms with Crippen LogP contribution >= 0.6 is 0 Å². The van der Waals surface area contributed by atoms with Gasteiger partial charge in [0.05, 0.1) is 12.2 Å². The number of carboxylic acid groups (broad SMARTS) is 1. The highest BCUT2D eigenvalue weighted by Crippen LogP contribution is 2.31. The SMILES string of the molecule is O=C1Nc2ncccc2N2CCN(C(=O)O)C[C@@H]12. The van der Waals surface area contributed by atoms with Gasteiger partial charge in [-0.2, -0.15) is 0 Å². The molecule has 2 aliphatic heterocycles. The summed E-state index contributed by atoms with van der Waals surface area (Å²) in [6.07, 6.45) is 0.631. The van der Waals surface area contributed by atoms with E-state index in [2.05, 4.69) is 10.3 Å². The van der Waals surface area contributed by atoms with E-state index in [0.717, 1.165) is 5.69 Å². The molecule has 3 heterocycles. The molecule has 18 heavy (non-hydrogen) atoms. The van der Waals surface area contributed by atoms with Crippen LogP contribution < -0.4 is 10.2 Å². The standard InChI is InChI=1S/C11H12N4O3/c16-10-8-6-14(11(17)18)4-5-15(8)7-2-1-3-12-9(7)13-10/h1-3,8H,4-6H2,(H,17,18)(H,12,13,16)/t8-/m0/s1. The van der Waals surface area contributed by atoms with Crippen molar-refractivity contribution in [3.8, 4) is 0 Å². The maximum absolute atomic E-state index is 11.9. The predicted molar refractivity (Wildman–Crippen MR) is 63.6 cm³/mol. The van der Waals surface area contributed by atoms with E-state index in [1.807, 2.05) is 11.0 Å². The average molecular weight is 248 g/mol. The summed E-state index contributed by atoms with van der Waals surface area (Å²) in [6, 6.07) is 3.22. The third kappa shape index (κ3) is 1.55. The first-order chi connectivity index (χ1) is 8.66. The zero-order chi connectivity index (χ0) is 12.7. The Labute approximate surface area is 103 Å². The number of piperazine rings is 1. The fourth-order valence-electron chi connectivity index (χ4n) is 2.39. The minimum Gasteiger partial charge on any atom is -0.465 e. The van der Waals surface area contributed by atoms with E-state index in [4.69, 9.17) is 5.11 Å². The maximum atomic E-state index is 11.9. The van der Waals surface area contributed by atoms with Crippen molar-refractivity contribution in [1.29, 1.82) is 0 Å². The van der Waals surface area contributed by atoms with E-state index in [1.165, 1.54) is 4.90 Å². The number of carbonyl (C=O) groups excluding carboxylic acids is 1. The summed E-state index contributed by atoms with van der Waals surface area (Å²) in [4.78, 5) is 30.2. The summed E-state index contributed by atoms with van der Waals surface area (Å²) in [6.45, 7) is 1.09. The lowest BCUT2D eigenvalue weighted by Gasteiger charge is -2.43. The number of aromatic nitrogens is 1. The molecule has 3 rings (SSSR count). The van der Waals surface area contributed by atoms with Gasteiger partial charge in [-0.1, -0.05) is 0 Å². The molecular formula is C11H12N4O3. The van der Waals surface area contributed by atoms with Gasteiger partial charge in [0.1, 0.15) is 6.04 Å². The molecule has 2 aliphatic rings. The number of nitrogens with one attached hydrogen (secondary N) is 1. The highest BCUT2D eigenvalue weighted by atomic mass is 16.4. The first kappa shape index (κ1) is 10.8. The van der Waals surface area contributed by atoms with Crippen molar-refractivity contribution in [3.05, 3.63) is 18.3 Å². The van der Waals surface area contributed by atoms with Gasteiger partial charge in [0, 0.05) is 19.3 Å². The van der Waals surface area contributed by atoms with Gasteiger partial charge in [-0.25, -0.2) is 9.78 Å². The van der Waals surface area contributed by atoms with Gasteiger partial charge in [-0.15, -0.1) is 0 Å². The van der Waals surface area contributed by atoms with Crippen LogP contribution in [-0.4, -0.2) is 52.7 Å². The van der Waals surface area contributed by atoms with Crippen LogP contribution in [0.1, 0.15) is 0 Å². The Kier molecular flexibility index (Phi) is 2.32. The molecule has 7 nitrogen and oxygen atoms in total. The average Bonchev–Trinajstić information content (AvgIpc) is 2.38. The molecule has 2 amide bonds. The Morgan fingerprint density at radius 2 is 2.33 bits per heavy atom. The number of hydrogen-bond acceptors (Lipinski definition) is 4.